The molecule has 2 bridgehead atoms. The van der Waals surface area contributed by atoms with E-state index in [1.165, 1.54) is 11.3 Å². The molecule has 2 fully saturated rings. The monoisotopic (exact) mass is 389 g/mol. The fourth-order valence-electron chi connectivity index (χ4n) is 5.55. The highest BCUT2D eigenvalue weighted by Crippen LogP contribution is 2.52. The maximum atomic E-state index is 13.0. The number of hydrogen-bond acceptors (Lipinski definition) is 5. The van der Waals surface area contributed by atoms with Gasteiger partial charge in [-0.3, -0.25) is 9.59 Å². The minimum atomic E-state index is -1.13. The molecular weight excluding hydrogens is 364 g/mol. The van der Waals surface area contributed by atoms with Gasteiger partial charge in [-0.1, -0.05) is 13.3 Å². The van der Waals surface area contributed by atoms with Gasteiger partial charge in [0, 0.05) is 22.7 Å². The second-order valence-corrected chi connectivity index (χ2v) is 9.39. The van der Waals surface area contributed by atoms with Crippen molar-refractivity contribution in [2.75, 3.05) is 5.32 Å². The highest BCUT2D eigenvalue weighted by atomic mass is 32.1. The number of carboxylic acids is 1. The SMILES string of the molecule is CC[C@@H]1CCc2c(sc(NC(=O)[C@H]3[C@@H]4CC[C@@H](C4)[C@@H]3C(=O)[O-])c2C(N)=O)C1. The summed E-state index contributed by atoms with van der Waals surface area (Å²) in [5.41, 5.74) is 7.02. The second-order valence-electron chi connectivity index (χ2n) is 8.28. The van der Waals surface area contributed by atoms with E-state index < -0.39 is 23.7 Å². The van der Waals surface area contributed by atoms with E-state index >= 15 is 0 Å². The predicted molar refractivity (Wildman–Crippen MR) is 100 cm³/mol. The number of primary amides is 1. The molecule has 27 heavy (non-hydrogen) atoms. The molecule has 0 radical (unpaired) electrons. The number of anilines is 1. The summed E-state index contributed by atoms with van der Waals surface area (Å²) in [5, 5.41) is 15.0. The molecule has 0 saturated heterocycles. The minimum Gasteiger partial charge on any atom is -0.550 e. The van der Waals surface area contributed by atoms with Crippen LogP contribution in [0.1, 0.15) is 59.8 Å². The standard InChI is InChI=1S/C20H26N2O4S/c1-2-9-3-6-12-13(7-9)27-19(16(12)17(21)23)22-18(24)14-10-4-5-11(8-10)15(14)20(25)26/h9-11,14-15H,2-8H2,1H3,(H2,21,23)(H,22,24)(H,25,26)/p-1/t9-,10-,11+,14+,15+/m1/s1. The molecule has 3 aliphatic rings. The topological polar surface area (TPSA) is 112 Å². The Labute approximate surface area is 162 Å². The Balaban J connectivity index is 1.61. The highest BCUT2D eigenvalue weighted by molar-refractivity contribution is 7.17. The number of carbonyl (C=O) groups excluding carboxylic acids is 3. The third kappa shape index (κ3) is 3.06. The number of nitrogens with two attached hydrogens (primary N) is 1. The van der Waals surface area contributed by atoms with Crippen LogP contribution in [0.4, 0.5) is 5.00 Å². The molecule has 1 aromatic heterocycles. The molecule has 0 aliphatic heterocycles. The van der Waals surface area contributed by atoms with Crippen LogP contribution in [0.25, 0.3) is 0 Å². The number of thiophene rings is 1. The summed E-state index contributed by atoms with van der Waals surface area (Å²) in [6.07, 6.45) is 6.32. The fourth-order valence-corrected chi connectivity index (χ4v) is 6.92. The molecule has 3 aliphatic carbocycles. The molecule has 5 atom stereocenters. The maximum Gasteiger partial charge on any atom is 0.251 e. The Morgan fingerprint density at radius 2 is 1.89 bits per heavy atom. The van der Waals surface area contributed by atoms with Crippen molar-refractivity contribution < 1.29 is 19.5 Å². The van der Waals surface area contributed by atoms with Gasteiger partial charge in [0.2, 0.25) is 5.91 Å². The Hall–Kier alpha value is -1.89. The molecule has 3 N–H and O–H groups in total. The number of carboxylic acid groups (broad SMARTS) is 1. The average Bonchev–Trinajstić information content (AvgIpc) is 3.32. The third-order valence-corrected chi connectivity index (χ3v) is 8.09. The van der Waals surface area contributed by atoms with Crippen LogP contribution in [0.3, 0.4) is 0 Å². The van der Waals surface area contributed by atoms with Crippen LogP contribution in [-0.2, 0) is 22.4 Å². The number of amides is 2. The number of hydrogen-bond donors (Lipinski definition) is 2. The van der Waals surface area contributed by atoms with Gasteiger partial charge in [0.05, 0.1) is 5.56 Å². The third-order valence-electron chi connectivity index (χ3n) is 6.92. The van der Waals surface area contributed by atoms with Crippen LogP contribution in [0, 0.1) is 29.6 Å². The van der Waals surface area contributed by atoms with Crippen LogP contribution in [0.15, 0.2) is 0 Å². The van der Waals surface area contributed by atoms with E-state index in [0.29, 0.717) is 16.5 Å². The average molecular weight is 389 g/mol. The van der Waals surface area contributed by atoms with Crippen molar-refractivity contribution in [2.45, 2.75) is 51.9 Å². The van der Waals surface area contributed by atoms with Gasteiger partial charge in [-0.15, -0.1) is 11.3 Å². The van der Waals surface area contributed by atoms with E-state index in [9.17, 15) is 19.5 Å². The smallest absolute Gasteiger partial charge is 0.251 e. The fraction of sp³-hybridized carbons (Fsp3) is 0.650. The van der Waals surface area contributed by atoms with Crippen molar-refractivity contribution in [3.8, 4) is 0 Å². The van der Waals surface area contributed by atoms with Gasteiger partial charge >= 0.3 is 0 Å². The summed E-state index contributed by atoms with van der Waals surface area (Å²) in [5.74, 6) is -2.53. The van der Waals surface area contributed by atoms with Crippen molar-refractivity contribution in [1.29, 1.82) is 0 Å². The van der Waals surface area contributed by atoms with E-state index in [2.05, 4.69) is 12.2 Å². The molecule has 0 aromatic carbocycles. The number of fused-ring (bicyclic) bond motifs is 3. The molecule has 4 rings (SSSR count). The van der Waals surface area contributed by atoms with Crippen molar-refractivity contribution in [3.05, 3.63) is 16.0 Å². The summed E-state index contributed by atoms with van der Waals surface area (Å²) in [6.45, 7) is 2.16. The lowest BCUT2D eigenvalue weighted by molar-refractivity contribution is -0.314. The van der Waals surface area contributed by atoms with Crippen molar-refractivity contribution in [3.63, 3.8) is 0 Å². The van der Waals surface area contributed by atoms with Crippen LogP contribution >= 0.6 is 11.3 Å². The Morgan fingerprint density at radius 1 is 1.19 bits per heavy atom. The van der Waals surface area contributed by atoms with Gasteiger partial charge in [0.15, 0.2) is 0 Å². The zero-order chi connectivity index (χ0) is 19.3. The molecule has 7 heteroatoms. The number of nitrogens with one attached hydrogen (secondary N) is 1. The van der Waals surface area contributed by atoms with E-state index in [4.69, 9.17) is 5.73 Å². The van der Waals surface area contributed by atoms with Gasteiger partial charge in [-0.25, -0.2) is 0 Å². The van der Waals surface area contributed by atoms with Crippen LogP contribution in [0.2, 0.25) is 0 Å². The number of rotatable bonds is 5. The van der Waals surface area contributed by atoms with Crippen LogP contribution in [0.5, 0.6) is 0 Å². The van der Waals surface area contributed by atoms with Gasteiger partial charge in [0.25, 0.3) is 5.91 Å². The van der Waals surface area contributed by atoms with Crippen molar-refractivity contribution in [1.82, 2.24) is 0 Å². The number of aliphatic carboxylic acids is 1. The van der Waals surface area contributed by atoms with Crippen LogP contribution in [-0.4, -0.2) is 17.8 Å². The maximum absolute atomic E-state index is 13.0. The Morgan fingerprint density at radius 3 is 2.52 bits per heavy atom. The number of carbonyl (C=O) groups is 3. The van der Waals surface area contributed by atoms with E-state index in [0.717, 1.165) is 55.4 Å². The highest BCUT2D eigenvalue weighted by Gasteiger charge is 2.51. The van der Waals surface area contributed by atoms with Crippen LogP contribution < -0.4 is 16.2 Å². The lowest BCUT2D eigenvalue weighted by Crippen LogP contribution is -2.44. The largest absolute Gasteiger partial charge is 0.550 e. The quantitative estimate of drug-likeness (QED) is 0.798. The Bertz CT molecular complexity index is 802. The van der Waals surface area contributed by atoms with Crippen molar-refractivity contribution >= 4 is 34.1 Å². The van der Waals surface area contributed by atoms with Gasteiger partial charge in [-0.2, -0.15) is 0 Å². The molecule has 146 valence electrons. The second kappa shape index (κ2) is 6.93. The lowest BCUT2D eigenvalue weighted by atomic mass is 9.78. The molecule has 6 nitrogen and oxygen atoms in total. The van der Waals surface area contributed by atoms with Gasteiger partial charge in [0.1, 0.15) is 5.00 Å². The molecule has 2 amide bonds. The first kappa shape index (κ1) is 18.5. The normalized spacial score (nSPS) is 31.5. The molecule has 2 saturated carbocycles. The van der Waals surface area contributed by atoms with Crippen molar-refractivity contribution in [2.24, 2.45) is 35.3 Å². The molecule has 0 spiro atoms. The predicted octanol–water partition coefficient (Wildman–Crippen LogP) is 1.71. The first-order chi connectivity index (χ1) is 12.9. The zero-order valence-corrected chi connectivity index (χ0v) is 16.3. The summed E-state index contributed by atoms with van der Waals surface area (Å²) in [7, 11) is 0. The Kier molecular flexibility index (Phi) is 4.74. The summed E-state index contributed by atoms with van der Waals surface area (Å²) in [4.78, 5) is 37.8. The summed E-state index contributed by atoms with van der Waals surface area (Å²) in [6, 6.07) is 0. The lowest BCUT2D eigenvalue weighted by Gasteiger charge is -2.30. The molecular formula is C20H25N2O4S-. The summed E-state index contributed by atoms with van der Waals surface area (Å²) >= 11 is 1.43. The van der Waals surface area contributed by atoms with E-state index in [-0.39, 0.29) is 17.7 Å². The molecule has 0 unspecified atom stereocenters. The first-order valence-corrected chi connectivity index (χ1v) is 10.7. The van der Waals surface area contributed by atoms with Gasteiger partial charge in [-0.05, 0) is 61.8 Å². The minimum absolute atomic E-state index is 0.0354. The zero-order valence-electron chi connectivity index (χ0n) is 15.5. The molecule has 1 heterocycles. The van der Waals surface area contributed by atoms with Gasteiger partial charge < -0.3 is 21.0 Å². The molecule has 1 aromatic rings. The summed E-state index contributed by atoms with van der Waals surface area (Å²) < 4.78 is 0. The van der Waals surface area contributed by atoms with E-state index in [1.807, 2.05) is 0 Å². The van der Waals surface area contributed by atoms with E-state index in [1.54, 1.807) is 0 Å². The first-order valence-electron chi connectivity index (χ1n) is 9.86.